The summed E-state index contributed by atoms with van der Waals surface area (Å²) < 4.78 is 7.28. The molecule has 28 heavy (non-hydrogen) atoms. The van der Waals surface area contributed by atoms with Gasteiger partial charge in [0.15, 0.2) is 0 Å². The SMILES string of the molecule is COCc1ccc(NC(=O)c2nc(CCN)c3ccn(C4(C)CC4)c3n2)cc1. The molecule has 146 valence electrons. The molecule has 0 saturated heterocycles. The standard InChI is InChI=1S/C21H25N5O2/c1-21(9-10-21)26-12-8-16-17(7-11-22)24-18(25-19(16)26)20(27)23-15-5-3-14(4-6-15)13-28-2/h3-6,8,12H,7,9-11,13,22H2,1-2H3,(H,23,27). The van der Waals surface area contributed by atoms with Crippen molar-refractivity contribution in [1.29, 1.82) is 0 Å². The summed E-state index contributed by atoms with van der Waals surface area (Å²) in [5, 5.41) is 3.85. The van der Waals surface area contributed by atoms with Crippen LogP contribution in [-0.2, 0) is 23.3 Å². The van der Waals surface area contributed by atoms with Crippen LogP contribution >= 0.6 is 0 Å². The lowest BCUT2D eigenvalue weighted by Gasteiger charge is -2.13. The molecule has 1 aliphatic carbocycles. The van der Waals surface area contributed by atoms with Crippen LogP contribution in [0.5, 0.6) is 0 Å². The molecule has 0 atom stereocenters. The summed E-state index contributed by atoms with van der Waals surface area (Å²) in [7, 11) is 1.65. The van der Waals surface area contributed by atoms with E-state index < -0.39 is 0 Å². The van der Waals surface area contributed by atoms with Gasteiger partial charge in [0.1, 0.15) is 5.65 Å². The summed E-state index contributed by atoms with van der Waals surface area (Å²) in [4.78, 5) is 21.9. The second kappa shape index (κ2) is 7.33. The molecule has 0 radical (unpaired) electrons. The number of ether oxygens (including phenoxy) is 1. The van der Waals surface area contributed by atoms with E-state index in [-0.39, 0.29) is 17.3 Å². The van der Waals surface area contributed by atoms with Crippen molar-refractivity contribution in [3.63, 3.8) is 0 Å². The zero-order chi connectivity index (χ0) is 19.7. The largest absolute Gasteiger partial charge is 0.380 e. The van der Waals surface area contributed by atoms with Gasteiger partial charge in [-0.25, -0.2) is 9.97 Å². The average molecular weight is 379 g/mol. The van der Waals surface area contributed by atoms with Gasteiger partial charge in [0.2, 0.25) is 5.82 Å². The van der Waals surface area contributed by atoms with E-state index in [1.807, 2.05) is 36.5 Å². The minimum Gasteiger partial charge on any atom is -0.380 e. The summed E-state index contributed by atoms with van der Waals surface area (Å²) in [6.07, 6.45) is 4.87. The first-order valence-electron chi connectivity index (χ1n) is 9.52. The second-order valence-electron chi connectivity index (χ2n) is 7.54. The van der Waals surface area contributed by atoms with Crippen molar-refractivity contribution in [2.24, 2.45) is 5.73 Å². The molecule has 1 aliphatic rings. The smallest absolute Gasteiger partial charge is 0.293 e. The van der Waals surface area contributed by atoms with Crippen LogP contribution in [0.3, 0.4) is 0 Å². The Kier molecular flexibility index (Phi) is 4.87. The zero-order valence-corrected chi connectivity index (χ0v) is 16.2. The van der Waals surface area contributed by atoms with E-state index in [0.29, 0.717) is 25.3 Å². The molecule has 7 nitrogen and oxygen atoms in total. The van der Waals surface area contributed by atoms with E-state index in [4.69, 9.17) is 10.5 Å². The number of hydrogen-bond acceptors (Lipinski definition) is 5. The van der Waals surface area contributed by atoms with Crippen LogP contribution < -0.4 is 11.1 Å². The van der Waals surface area contributed by atoms with Gasteiger partial charge >= 0.3 is 0 Å². The fraction of sp³-hybridized carbons (Fsp3) is 0.381. The van der Waals surface area contributed by atoms with Gasteiger partial charge in [-0.3, -0.25) is 4.79 Å². The second-order valence-corrected chi connectivity index (χ2v) is 7.54. The lowest BCUT2D eigenvalue weighted by atomic mass is 10.2. The number of amides is 1. The Hall–Kier alpha value is -2.77. The Morgan fingerprint density at radius 1 is 1.25 bits per heavy atom. The van der Waals surface area contributed by atoms with E-state index in [9.17, 15) is 4.79 Å². The minimum absolute atomic E-state index is 0.0843. The van der Waals surface area contributed by atoms with Crippen LogP contribution in [-0.4, -0.2) is 34.1 Å². The van der Waals surface area contributed by atoms with Crippen LogP contribution in [0.4, 0.5) is 5.69 Å². The third-order valence-corrected chi connectivity index (χ3v) is 5.29. The van der Waals surface area contributed by atoms with Gasteiger partial charge in [-0.2, -0.15) is 0 Å². The number of anilines is 1. The Morgan fingerprint density at radius 2 is 2.00 bits per heavy atom. The van der Waals surface area contributed by atoms with Gasteiger partial charge in [0.25, 0.3) is 5.91 Å². The van der Waals surface area contributed by atoms with E-state index >= 15 is 0 Å². The molecule has 4 rings (SSSR count). The topological polar surface area (TPSA) is 95.1 Å². The summed E-state index contributed by atoms with van der Waals surface area (Å²) in [6, 6.07) is 9.56. The fourth-order valence-corrected chi connectivity index (χ4v) is 3.40. The number of methoxy groups -OCH3 is 1. The van der Waals surface area contributed by atoms with Crippen molar-refractivity contribution in [3.8, 4) is 0 Å². The maximum absolute atomic E-state index is 12.8. The molecule has 1 saturated carbocycles. The Labute approximate surface area is 163 Å². The van der Waals surface area contributed by atoms with E-state index in [2.05, 4.69) is 26.8 Å². The summed E-state index contributed by atoms with van der Waals surface area (Å²) in [6.45, 7) is 3.21. The van der Waals surface area contributed by atoms with Gasteiger partial charge < -0.3 is 20.4 Å². The quantitative estimate of drug-likeness (QED) is 0.658. The molecule has 0 aliphatic heterocycles. The highest BCUT2D eigenvalue weighted by Crippen LogP contribution is 2.44. The normalized spacial score (nSPS) is 15.0. The number of carbonyl (C=O) groups excluding carboxylic acids is 1. The Balaban J connectivity index is 1.66. The molecule has 0 bridgehead atoms. The number of carbonyl (C=O) groups is 1. The van der Waals surface area contributed by atoms with Crippen molar-refractivity contribution in [3.05, 3.63) is 53.6 Å². The predicted molar refractivity (Wildman–Crippen MR) is 108 cm³/mol. The van der Waals surface area contributed by atoms with E-state index in [1.165, 1.54) is 0 Å². The molecule has 0 unspecified atom stereocenters. The van der Waals surface area contributed by atoms with Crippen LogP contribution in [0.25, 0.3) is 11.0 Å². The number of nitrogens with one attached hydrogen (secondary N) is 1. The highest BCUT2D eigenvalue weighted by atomic mass is 16.5. The van der Waals surface area contributed by atoms with E-state index in [0.717, 1.165) is 35.1 Å². The van der Waals surface area contributed by atoms with Crippen LogP contribution in [0.15, 0.2) is 36.5 Å². The van der Waals surface area contributed by atoms with Crippen molar-refractivity contribution in [2.45, 2.75) is 38.3 Å². The number of benzene rings is 1. The predicted octanol–water partition coefficient (Wildman–Crippen LogP) is 2.84. The van der Waals surface area contributed by atoms with Crippen LogP contribution in [0.2, 0.25) is 0 Å². The lowest BCUT2D eigenvalue weighted by molar-refractivity contribution is 0.101. The van der Waals surface area contributed by atoms with Gasteiger partial charge in [0, 0.05) is 36.3 Å². The molecule has 1 amide bonds. The zero-order valence-electron chi connectivity index (χ0n) is 16.2. The molecular weight excluding hydrogens is 354 g/mol. The van der Waals surface area contributed by atoms with Gasteiger partial charge in [-0.15, -0.1) is 0 Å². The molecule has 2 heterocycles. The lowest BCUT2D eigenvalue weighted by Crippen LogP contribution is -2.19. The van der Waals surface area contributed by atoms with Crippen molar-refractivity contribution in [1.82, 2.24) is 14.5 Å². The Bertz CT molecular complexity index is 1010. The molecule has 1 aromatic carbocycles. The fourth-order valence-electron chi connectivity index (χ4n) is 3.40. The first-order chi connectivity index (χ1) is 13.5. The van der Waals surface area contributed by atoms with Gasteiger partial charge in [0.05, 0.1) is 12.3 Å². The number of nitrogens with zero attached hydrogens (tertiary/aromatic N) is 3. The third kappa shape index (κ3) is 3.50. The molecule has 2 aromatic heterocycles. The van der Waals surface area contributed by atoms with Gasteiger partial charge in [-0.1, -0.05) is 12.1 Å². The molecule has 7 heteroatoms. The maximum Gasteiger partial charge on any atom is 0.293 e. The molecule has 3 aromatic rings. The highest BCUT2D eigenvalue weighted by Gasteiger charge is 2.40. The minimum atomic E-state index is -0.326. The van der Waals surface area contributed by atoms with Crippen molar-refractivity contribution < 1.29 is 9.53 Å². The average Bonchev–Trinajstić information content (AvgIpc) is 3.27. The van der Waals surface area contributed by atoms with Gasteiger partial charge in [-0.05, 0) is 50.1 Å². The summed E-state index contributed by atoms with van der Waals surface area (Å²) in [5.41, 5.74) is 9.21. The number of aromatic nitrogens is 3. The first kappa shape index (κ1) is 18.6. The van der Waals surface area contributed by atoms with Crippen molar-refractivity contribution in [2.75, 3.05) is 19.0 Å². The van der Waals surface area contributed by atoms with Crippen molar-refractivity contribution >= 4 is 22.6 Å². The molecule has 3 N–H and O–H groups in total. The molecule has 1 fully saturated rings. The number of hydrogen-bond donors (Lipinski definition) is 2. The number of rotatable bonds is 7. The van der Waals surface area contributed by atoms with Crippen LogP contribution in [0.1, 0.15) is 41.6 Å². The first-order valence-corrected chi connectivity index (χ1v) is 9.52. The molecule has 0 spiro atoms. The monoisotopic (exact) mass is 379 g/mol. The summed E-state index contributed by atoms with van der Waals surface area (Å²) in [5.74, 6) is -0.158. The number of fused-ring (bicyclic) bond motifs is 1. The highest BCUT2D eigenvalue weighted by molar-refractivity contribution is 6.02. The van der Waals surface area contributed by atoms with E-state index in [1.54, 1.807) is 7.11 Å². The number of nitrogens with two attached hydrogens (primary N) is 1. The Morgan fingerprint density at radius 3 is 2.64 bits per heavy atom. The third-order valence-electron chi connectivity index (χ3n) is 5.29. The van der Waals surface area contributed by atoms with Crippen LogP contribution in [0, 0.1) is 0 Å². The molecular formula is C21H25N5O2. The maximum atomic E-state index is 12.8. The summed E-state index contributed by atoms with van der Waals surface area (Å²) >= 11 is 0.